The predicted molar refractivity (Wildman–Crippen MR) is 116 cm³/mol. The molecule has 1 saturated heterocycles. The summed E-state index contributed by atoms with van der Waals surface area (Å²) in [6.07, 6.45) is 1.78. The van der Waals surface area contributed by atoms with E-state index in [1.165, 1.54) is 24.3 Å². The highest BCUT2D eigenvalue weighted by Crippen LogP contribution is 2.29. The van der Waals surface area contributed by atoms with E-state index in [0.717, 1.165) is 35.4 Å². The maximum absolute atomic E-state index is 13.0. The van der Waals surface area contributed by atoms with Crippen LogP contribution in [0.3, 0.4) is 0 Å². The van der Waals surface area contributed by atoms with Crippen LogP contribution in [-0.4, -0.2) is 36.5 Å². The Balaban J connectivity index is 2.12. The number of anilines is 1. The van der Waals surface area contributed by atoms with Crippen LogP contribution in [-0.2, 0) is 19.7 Å². The molecular weight excluding hydrogens is 470 g/mol. The van der Waals surface area contributed by atoms with Crippen LogP contribution in [0.4, 0.5) is 11.4 Å². The molecule has 0 bridgehead atoms. The van der Waals surface area contributed by atoms with E-state index >= 15 is 0 Å². The summed E-state index contributed by atoms with van der Waals surface area (Å²) in [4.78, 5) is 36.9. The summed E-state index contributed by atoms with van der Waals surface area (Å²) >= 11 is 10.9. The van der Waals surface area contributed by atoms with Gasteiger partial charge in [-0.25, -0.2) is 0 Å². The third kappa shape index (κ3) is 5.05. The molecule has 160 valence electrons. The second kappa shape index (κ2) is 8.41. The molecular formula is C18H12ClN3O7S2. The van der Waals surface area contributed by atoms with Crippen molar-refractivity contribution < 1.29 is 27.1 Å². The van der Waals surface area contributed by atoms with E-state index in [-0.39, 0.29) is 16.4 Å². The molecule has 0 spiro atoms. The van der Waals surface area contributed by atoms with Crippen molar-refractivity contribution in [1.29, 1.82) is 0 Å². The number of thiocarbonyl (C=S) groups is 1. The number of nitro benzene ring substituents is 1. The average molecular weight is 482 g/mol. The smallest absolute Gasteiger partial charge is 0.306 e. The summed E-state index contributed by atoms with van der Waals surface area (Å²) in [7, 11) is -4.00. The molecule has 1 N–H and O–H groups in total. The molecule has 2 amide bonds. The Hall–Kier alpha value is -3.35. The van der Waals surface area contributed by atoms with E-state index in [2.05, 4.69) is 5.32 Å². The summed E-state index contributed by atoms with van der Waals surface area (Å²) in [5.41, 5.74) is -0.692. The first kappa shape index (κ1) is 22.3. The number of nitrogens with one attached hydrogen (secondary N) is 1. The molecule has 1 heterocycles. The molecule has 0 atom stereocenters. The molecule has 0 radical (unpaired) electrons. The van der Waals surface area contributed by atoms with Crippen LogP contribution >= 0.6 is 23.8 Å². The molecule has 1 aliphatic heterocycles. The molecule has 10 nitrogen and oxygen atoms in total. The van der Waals surface area contributed by atoms with Gasteiger partial charge in [0.1, 0.15) is 11.3 Å². The topological polar surface area (TPSA) is 136 Å². The summed E-state index contributed by atoms with van der Waals surface area (Å²) < 4.78 is 27.9. The molecule has 31 heavy (non-hydrogen) atoms. The number of carbonyl (C=O) groups is 2. The fourth-order valence-electron chi connectivity index (χ4n) is 2.64. The van der Waals surface area contributed by atoms with Crippen LogP contribution < -0.4 is 14.4 Å². The fraction of sp³-hybridized carbons (Fsp3) is 0.0556. The number of halogens is 1. The fourth-order valence-corrected chi connectivity index (χ4v) is 3.52. The van der Waals surface area contributed by atoms with Gasteiger partial charge in [0.2, 0.25) is 0 Å². The third-order valence-corrected chi connectivity index (χ3v) is 4.95. The second-order valence-corrected chi connectivity index (χ2v) is 8.60. The molecule has 0 aliphatic carbocycles. The third-order valence-electron chi connectivity index (χ3n) is 3.93. The minimum Gasteiger partial charge on any atom is -0.382 e. The molecule has 1 fully saturated rings. The first-order valence-electron chi connectivity index (χ1n) is 8.31. The standard InChI is InChI=1S/C18H12ClN3O7S2/c1-31(27,28)29-15-7-6-13(22(25)26)8-10(15)9-14-16(23)20-18(30)21(17(14)24)12-4-2-11(19)3-5-12/h2-9H,1H3,(H,20,23,30)/b14-9+. The summed E-state index contributed by atoms with van der Waals surface area (Å²) in [6.45, 7) is 0. The molecule has 3 rings (SSSR count). The van der Waals surface area contributed by atoms with Gasteiger partial charge in [-0.3, -0.25) is 29.9 Å². The number of carbonyl (C=O) groups excluding carboxylic acids is 2. The van der Waals surface area contributed by atoms with E-state index in [1.54, 1.807) is 0 Å². The van der Waals surface area contributed by atoms with Gasteiger partial charge in [0.25, 0.3) is 17.5 Å². The quantitative estimate of drug-likeness (QED) is 0.172. The number of non-ortho nitro benzene ring substituents is 1. The van der Waals surface area contributed by atoms with E-state index < -0.39 is 38.1 Å². The Bertz CT molecular complexity index is 1260. The zero-order chi connectivity index (χ0) is 22.9. The number of nitrogens with zero attached hydrogens (tertiary/aromatic N) is 2. The van der Waals surface area contributed by atoms with Crippen molar-refractivity contribution >= 4 is 68.3 Å². The highest BCUT2D eigenvalue weighted by Gasteiger charge is 2.35. The van der Waals surface area contributed by atoms with Gasteiger partial charge in [0.15, 0.2) is 5.11 Å². The van der Waals surface area contributed by atoms with Gasteiger partial charge in [-0.05, 0) is 48.6 Å². The Labute approximate surface area is 186 Å². The molecule has 13 heteroatoms. The number of nitro groups is 1. The molecule has 0 saturated carbocycles. The summed E-state index contributed by atoms with van der Waals surface area (Å²) in [6, 6.07) is 9.11. The van der Waals surface area contributed by atoms with Crippen molar-refractivity contribution in [1.82, 2.24) is 5.32 Å². The lowest BCUT2D eigenvalue weighted by molar-refractivity contribution is -0.384. The van der Waals surface area contributed by atoms with Crippen molar-refractivity contribution in [3.05, 3.63) is 68.7 Å². The van der Waals surface area contributed by atoms with Crippen molar-refractivity contribution in [2.75, 3.05) is 11.2 Å². The minimum absolute atomic E-state index is 0.165. The van der Waals surface area contributed by atoms with E-state index in [4.69, 9.17) is 28.0 Å². The van der Waals surface area contributed by atoms with Gasteiger partial charge < -0.3 is 4.18 Å². The lowest BCUT2D eigenvalue weighted by Crippen LogP contribution is -2.54. The molecule has 2 aromatic carbocycles. The lowest BCUT2D eigenvalue weighted by atomic mass is 10.1. The van der Waals surface area contributed by atoms with Crippen LogP contribution in [0.15, 0.2) is 48.0 Å². The van der Waals surface area contributed by atoms with E-state index in [1.807, 2.05) is 0 Å². The lowest BCUT2D eigenvalue weighted by Gasteiger charge is -2.29. The van der Waals surface area contributed by atoms with Gasteiger partial charge in [0, 0.05) is 22.7 Å². The Kier molecular flexibility index (Phi) is 6.06. The average Bonchev–Trinajstić information content (AvgIpc) is 2.66. The Morgan fingerprint density at radius 2 is 1.84 bits per heavy atom. The first-order valence-corrected chi connectivity index (χ1v) is 10.9. The van der Waals surface area contributed by atoms with Gasteiger partial charge >= 0.3 is 10.1 Å². The van der Waals surface area contributed by atoms with Crippen LogP contribution in [0.25, 0.3) is 6.08 Å². The number of benzene rings is 2. The van der Waals surface area contributed by atoms with Gasteiger partial charge in [-0.2, -0.15) is 8.42 Å². The normalized spacial score (nSPS) is 15.7. The number of amides is 2. The summed E-state index contributed by atoms with van der Waals surface area (Å²) in [5, 5.41) is 13.7. The van der Waals surface area contributed by atoms with Gasteiger partial charge in [0.05, 0.1) is 16.9 Å². The molecule has 2 aromatic rings. The Morgan fingerprint density at radius 3 is 2.42 bits per heavy atom. The maximum Gasteiger partial charge on any atom is 0.306 e. The zero-order valence-electron chi connectivity index (χ0n) is 15.6. The van der Waals surface area contributed by atoms with Crippen LogP contribution in [0, 0.1) is 10.1 Å². The number of hydrogen-bond acceptors (Lipinski definition) is 8. The van der Waals surface area contributed by atoms with Crippen LogP contribution in [0.5, 0.6) is 5.75 Å². The highest BCUT2D eigenvalue weighted by atomic mass is 35.5. The van der Waals surface area contributed by atoms with E-state index in [9.17, 15) is 28.1 Å². The Morgan fingerprint density at radius 1 is 1.19 bits per heavy atom. The van der Waals surface area contributed by atoms with Crippen molar-refractivity contribution in [3.8, 4) is 5.75 Å². The number of rotatable bonds is 5. The van der Waals surface area contributed by atoms with Crippen molar-refractivity contribution in [3.63, 3.8) is 0 Å². The molecule has 0 unspecified atom stereocenters. The maximum atomic E-state index is 13.0. The minimum atomic E-state index is -4.00. The molecule has 0 aromatic heterocycles. The second-order valence-electron chi connectivity index (χ2n) is 6.20. The van der Waals surface area contributed by atoms with Crippen molar-refractivity contribution in [2.45, 2.75) is 0 Å². The molecule has 1 aliphatic rings. The van der Waals surface area contributed by atoms with Gasteiger partial charge in [-0.15, -0.1) is 0 Å². The van der Waals surface area contributed by atoms with Crippen molar-refractivity contribution in [2.24, 2.45) is 0 Å². The zero-order valence-corrected chi connectivity index (χ0v) is 18.0. The van der Waals surface area contributed by atoms with Gasteiger partial charge in [-0.1, -0.05) is 11.6 Å². The summed E-state index contributed by atoms with van der Waals surface area (Å²) in [5.74, 6) is -1.99. The SMILES string of the molecule is CS(=O)(=O)Oc1ccc([N+](=O)[O-])cc1/C=C1\C(=O)NC(=S)N(c2ccc(Cl)cc2)C1=O. The monoisotopic (exact) mass is 481 g/mol. The highest BCUT2D eigenvalue weighted by molar-refractivity contribution is 7.86. The van der Waals surface area contributed by atoms with Crippen LogP contribution in [0.2, 0.25) is 5.02 Å². The van der Waals surface area contributed by atoms with Crippen LogP contribution in [0.1, 0.15) is 5.56 Å². The largest absolute Gasteiger partial charge is 0.382 e. The predicted octanol–water partition coefficient (Wildman–Crippen LogP) is 2.42. The first-order chi connectivity index (χ1) is 14.5. The number of hydrogen-bond donors (Lipinski definition) is 1. The van der Waals surface area contributed by atoms with E-state index in [0.29, 0.717) is 10.7 Å².